The molecule has 1 atom stereocenters. The first-order valence-electron chi connectivity index (χ1n) is 11.2. The molecule has 2 aromatic carbocycles. The lowest BCUT2D eigenvalue weighted by atomic mass is 9.92. The average Bonchev–Trinajstić information content (AvgIpc) is 3.07. The van der Waals surface area contributed by atoms with E-state index in [-0.39, 0.29) is 42.5 Å². The lowest BCUT2D eigenvalue weighted by molar-refractivity contribution is -0.132. The van der Waals surface area contributed by atoms with Gasteiger partial charge in [0.1, 0.15) is 17.4 Å². The number of nitrogens with zero attached hydrogens (tertiary/aromatic N) is 4. The van der Waals surface area contributed by atoms with E-state index in [4.69, 9.17) is 4.74 Å². The molecule has 35 heavy (non-hydrogen) atoms. The molecule has 184 valence electrons. The van der Waals surface area contributed by atoms with E-state index in [1.165, 1.54) is 21.3 Å². The topological polar surface area (TPSA) is 123 Å². The Morgan fingerprint density at radius 2 is 1.71 bits per heavy atom. The van der Waals surface area contributed by atoms with Crippen molar-refractivity contribution < 1.29 is 22.7 Å². The number of nitrogens with one attached hydrogen (secondary N) is 1. The van der Waals surface area contributed by atoms with Crippen molar-refractivity contribution in [3.63, 3.8) is 0 Å². The number of amides is 3. The number of hydrogen-bond donors (Lipinski definition) is 1. The van der Waals surface area contributed by atoms with Crippen molar-refractivity contribution in [2.75, 3.05) is 40.0 Å². The molecule has 0 saturated carbocycles. The quantitative estimate of drug-likeness (QED) is 0.574. The molecule has 10 nitrogen and oxygen atoms in total. The first-order chi connectivity index (χ1) is 16.7. The fraction of sp³-hybridized carbons (Fsp3) is 0.375. The van der Waals surface area contributed by atoms with Gasteiger partial charge in [-0.2, -0.15) is 9.57 Å². The molecule has 1 N–H and O–H groups in total. The molecule has 2 aromatic rings. The SMILES string of the molecule is COc1ccccc1CC1(C)NC(=O)N(CN2CCN(S(=O)(=O)c3ccccc3C#N)CC2)C1=O. The summed E-state index contributed by atoms with van der Waals surface area (Å²) < 4.78 is 32.8. The second-order valence-corrected chi connectivity index (χ2v) is 10.7. The van der Waals surface area contributed by atoms with Crippen molar-refractivity contribution in [1.82, 2.24) is 19.4 Å². The van der Waals surface area contributed by atoms with Crippen LogP contribution in [0.4, 0.5) is 4.79 Å². The van der Waals surface area contributed by atoms with Gasteiger partial charge in [-0.15, -0.1) is 0 Å². The summed E-state index contributed by atoms with van der Waals surface area (Å²) >= 11 is 0. The summed E-state index contributed by atoms with van der Waals surface area (Å²) in [6.45, 7) is 2.81. The van der Waals surface area contributed by atoms with Crippen molar-refractivity contribution >= 4 is 22.0 Å². The molecule has 0 aromatic heterocycles. The van der Waals surface area contributed by atoms with Crippen LogP contribution >= 0.6 is 0 Å². The fourth-order valence-corrected chi connectivity index (χ4v) is 6.02. The van der Waals surface area contributed by atoms with Gasteiger partial charge in [-0.25, -0.2) is 18.1 Å². The molecular formula is C24H27N5O5S. The minimum atomic E-state index is -3.82. The summed E-state index contributed by atoms with van der Waals surface area (Å²) in [6, 6.07) is 14.9. The summed E-state index contributed by atoms with van der Waals surface area (Å²) in [5, 5.41) is 12.1. The Morgan fingerprint density at radius 1 is 1.06 bits per heavy atom. The Bertz CT molecular complexity index is 1280. The van der Waals surface area contributed by atoms with Crippen molar-refractivity contribution in [1.29, 1.82) is 5.26 Å². The smallest absolute Gasteiger partial charge is 0.326 e. The largest absolute Gasteiger partial charge is 0.496 e. The molecule has 2 fully saturated rings. The Labute approximate surface area is 204 Å². The molecule has 2 aliphatic rings. The second-order valence-electron chi connectivity index (χ2n) is 8.76. The highest BCUT2D eigenvalue weighted by molar-refractivity contribution is 7.89. The van der Waals surface area contributed by atoms with E-state index in [9.17, 15) is 23.3 Å². The number of methoxy groups -OCH3 is 1. The fourth-order valence-electron chi connectivity index (χ4n) is 4.46. The highest BCUT2D eigenvalue weighted by atomic mass is 32.2. The van der Waals surface area contributed by atoms with Gasteiger partial charge in [0.2, 0.25) is 10.0 Å². The molecule has 0 spiro atoms. The zero-order chi connectivity index (χ0) is 25.2. The lowest BCUT2D eigenvalue weighted by Gasteiger charge is -2.35. The van der Waals surface area contributed by atoms with Gasteiger partial charge in [-0.1, -0.05) is 30.3 Å². The van der Waals surface area contributed by atoms with Crippen LogP contribution in [0, 0.1) is 11.3 Å². The monoisotopic (exact) mass is 497 g/mol. The van der Waals surface area contributed by atoms with Crippen LogP contribution in [0.2, 0.25) is 0 Å². The molecule has 0 bridgehead atoms. The third-order valence-electron chi connectivity index (χ3n) is 6.38. The van der Waals surface area contributed by atoms with Gasteiger partial charge in [0.05, 0.1) is 24.2 Å². The minimum absolute atomic E-state index is 0.0165. The van der Waals surface area contributed by atoms with Crippen LogP contribution in [0.5, 0.6) is 5.75 Å². The predicted molar refractivity (Wildman–Crippen MR) is 127 cm³/mol. The van der Waals surface area contributed by atoms with Gasteiger partial charge in [0.25, 0.3) is 5.91 Å². The van der Waals surface area contributed by atoms with Gasteiger partial charge in [0.15, 0.2) is 0 Å². The number of hydrogen-bond acceptors (Lipinski definition) is 7. The zero-order valence-electron chi connectivity index (χ0n) is 19.6. The molecule has 0 radical (unpaired) electrons. The summed E-state index contributed by atoms with van der Waals surface area (Å²) in [7, 11) is -2.27. The number of para-hydroxylation sites is 1. The first kappa shape index (κ1) is 24.7. The maximum absolute atomic E-state index is 13.2. The number of piperazine rings is 1. The highest BCUT2D eigenvalue weighted by Gasteiger charge is 2.48. The lowest BCUT2D eigenvalue weighted by Crippen LogP contribution is -2.53. The molecule has 11 heteroatoms. The maximum Gasteiger partial charge on any atom is 0.326 e. The van der Waals surface area contributed by atoms with Crippen LogP contribution in [-0.4, -0.2) is 80.0 Å². The van der Waals surface area contributed by atoms with Crippen LogP contribution in [-0.2, 0) is 21.2 Å². The molecule has 2 saturated heterocycles. The Balaban J connectivity index is 1.41. The molecule has 3 amide bonds. The van der Waals surface area contributed by atoms with Crippen molar-refractivity contribution in [3.05, 3.63) is 59.7 Å². The Morgan fingerprint density at radius 3 is 2.40 bits per heavy atom. The van der Waals surface area contributed by atoms with E-state index in [2.05, 4.69) is 5.32 Å². The van der Waals surface area contributed by atoms with Gasteiger partial charge in [-0.05, 0) is 30.7 Å². The number of nitriles is 1. The van der Waals surface area contributed by atoms with Crippen LogP contribution in [0.3, 0.4) is 0 Å². The van der Waals surface area contributed by atoms with E-state index in [0.717, 1.165) is 5.56 Å². The van der Waals surface area contributed by atoms with E-state index >= 15 is 0 Å². The number of urea groups is 1. The van der Waals surface area contributed by atoms with Crippen molar-refractivity contribution in [3.8, 4) is 11.8 Å². The third-order valence-corrected chi connectivity index (χ3v) is 8.34. The van der Waals surface area contributed by atoms with Crippen LogP contribution < -0.4 is 10.1 Å². The van der Waals surface area contributed by atoms with Crippen LogP contribution in [0.25, 0.3) is 0 Å². The molecule has 1 unspecified atom stereocenters. The van der Waals surface area contributed by atoms with E-state index < -0.39 is 21.6 Å². The standard InChI is InChI=1S/C24H27N5O5S/c1-24(15-18-7-3-5-9-20(18)34-2)22(30)29(23(31)26-24)17-27-11-13-28(14-12-27)35(32,33)21-10-6-4-8-19(21)16-25/h3-10H,11-15,17H2,1-2H3,(H,26,31). The maximum atomic E-state index is 13.2. The van der Waals surface area contributed by atoms with Gasteiger partial charge >= 0.3 is 6.03 Å². The molecule has 4 rings (SSSR count). The number of imide groups is 1. The number of sulfonamides is 1. The van der Waals surface area contributed by atoms with Crippen LogP contribution in [0.15, 0.2) is 53.4 Å². The van der Waals surface area contributed by atoms with E-state index in [1.54, 1.807) is 32.2 Å². The number of rotatable bonds is 7. The number of carbonyl (C=O) groups excluding carboxylic acids is 2. The van der Waals surface area contributed by atoms with E-state index in [1.807, 2.05) is 29.2 Å². The average molecular weight is 498 g/mol. The van der Waals surface area contributed by atoms with Crippen molar-refractivity contribution in [2.45, 2.75) is 23.8 Å². The molecule has 2 heterocycles. The van der Waals surface area contributed by atoms with Gasteiger partial charge < -0.3 is 10.1 Å². The Kier molecular flexibility index (Phi) is 6.80. The van der Waals surface area contributed by atoms with Crippen molar-refractivity contribution in [2.24, 2.45) is 0 Å². The molecule has 0 aliphatic carbocycles. The van der Waals surface area contributed by atoms with E-state index in [0.29, 0.717) is 18.8 Å². The Hall–Kier alpha value is -3.46. The minimum Gasteiger partial charge on any atom is -0.496 e. The second kappa shape index (κ2) is 9.65. The highest BCUT2D eigenvalue weighted by Crippen LogP contribution is 2.28. The summed E-state index contributed by atoms with van der Waals surface area (Å²) in [5.41, 5.74) is -0.203. The van der Waals surface area contributed by atoms with Crippen LogP contribution in [0.1, 0.15) is 18.1 Å². The number of ether oxygens (including phenoxy) is 1. The van der Waals surface area contributed by atoms with Gasteiger partial charge in [0, 0.05) is 32.6 Å². The summed E-state index contributed by atoms with van der Waals surface area (Å²) in [6.07, 6.45) is 0.280. The predicted octanol–water partition coefficient (Wildman–Crippen LogP) is 1.38. The molecule has 2 aliphatic heterocycles. The van der Waals surface area contributed by atoms with Gasteiger partial charge in [-0.3, -0.25) is 9.69 Å². The summed E-state index contributed by atoms with van der Waals surface area (Å²) in [4.78, 5) is 29.0. The normalized spacial score (nSPS) is 21.6. The number of carbonyl (C=O) groups is 2. The number of benzene rings is 2. The zero-order valence-corrected chi connectivity index (χ0v) is 20.4. The third kappa shape index (κ3) is 4.73. The molecular weight excluding hydrogens is 470 g/mol. The first-order valence-corrected chi connectivity index (χ1v) is 12.6. The summed E-state index contributed by atoms with van der Waals surface area (Å²) in [5.74, 6) is 0.302.